The largest absolute Gasteiger partial charge is 0.490 e. The van der Waals surface area contributed by atoms with Crippen LogP contribution < -0.4 is 9.47 Å². The van der Waals surface area contributed by atoms with Crippen LogP contribution in [-0.2, 0) is 0 Å². The highest BCUT2D eigenvalue weighted by atomic mass is 16.5. The van der Waals surface area contributed by atoms with E-state index in [1.54, 1.807) is 25.1 Å². The fourth-order valence-electron chi connectivity index (χ4n) is 1.61. The molecule has 1 aromatic carbocycles. The molecule has 0 spiro atoms. The van der Waals surface area contributed by atoms with Crippen molar-refractivity contribution in [1.29, 1.82) is 0 Å². The number of hydrogen-bond donors (Lipinski definition) is 1. The second-order valence-corrected chi connectivity index (χ2v) is 3.94. The molecule has 0 aliphatic rings. The summed E-state index contributed by atoms with van der Waals surface area (Å²) >= 11 is 0. The van der Waals surface area contributed by atoms with Crippen molar-refractivity contribution >= 4 is 5.97 Å². The average Bonchev–Trinajstić information content (AvgIpc) is 2.41. The Bertz CT molecular complexity index is 628. The topological polar surface area (TPSA) is 81.5 Å². The van der Waals surface area contributed by atoms with E-state index in [9.17, 15) is 4.79 Å². The van der Waals surface area contributed by atoms with Gasteiger partial charge >= 0.3 is 12.0 Å². The maximum Gasteiger partial charge on any atom is 0.339 e. The molecule has 2 rings (SSSR count). The normalized spacial score (nSPS) is 10.1. The van der Waals surface area contributed by atoms with Gasteiger partial charge in [-0.15, -0.1) is 0 Å². The van der Waals surface area contributed by atoms with Gasteiger partial charge in [0.1, 0.15) is 0 Å². The standard InChI is InChI=1S/C14H14N2O4/c1-3-19-11-6-4-5-7-12(11)20-14-15-8-10(13(17)18)9(2)16-14/h4-8H,3H2,1-2H3,(H,17,18). The Morgan fingerprint density at radius 1 is 1.30 bits per heavy atom. The highest BCUT2D eigenvalue weighted by Gasteiger charge is 2.12. The lowest BCUT2D eigenvalue weighted by Crippen LogP contribution is -2.04. The van der Waals surface area contributed by atoms with Crippen LogP contribution in [0.15, 0.2) is 30.5 Å². The van der Waals surface area contributed by atoms with Gasteiger partial charge in [0.25, 0.3) is 0 Å². The second-order valence-electron chi connectivity index (χ2n) is 3.94. The Kier molecular flexibility index (Phi) is 4.14. The van der Waals surface area contributed by atoms with Crippen LogP contribution in [0.4, 0.5) is 0 Å². The number of rotatable bonds is 5. The third-order valence-electron chi connectivity index (χ3n) is 2.54. The van der Waals surface area contributed by atoms with Crippen molar-refractivity contribution in [1.82, 2.24) is 9.97 Å². The minimum absolute atomic E-state index is 0.0513. The number of carboxylic acids is 1. The Morgan fingerprint density at radius 3 is 2.60 bits per heavy atom. The van der Waals surface area contributed by atoms with Crippen LogP contribution >= 0.6 is 0 Å². The van der Waals surface area contributed by atoms with Gasteiger partial charge in [-0.2, -0.15) is 4.98 Å². The van der Waals surface area contributed by atoms with E-state index in [4.69, 9.17) is 14.6 Å². The molecule has 0 aliphatic carbocycles. The molecule has 1 N–H and O–H groups in total. The molecule has 0 saturated carbocycles. The number of ether oxygens (including phenoxy) is 2. The number of aromatic nitrogens is 2. The molecule has 20 heavy (non-hydrogen) atoms. The number of carboxylic acid groups (broad SMARTS) is 1. The summed E-state index contributed by atoms with van der Waals surface area (Å²) in [4.78, 5) is 18.8. The van der Waals surface area contributed by atoms with Crippen molar-refractivity contribution in [3.05, 3.63) is 41.7 Å². The average molecular weight is 274 g/mol. The van der Waals surface area contributed by atoms with Crippen molar-refractivity contribution in [3.63, 3.8) is 0 Å². The van der Waals surface area contributed by atoms with Gasteiger partial charge in [0.2, 0.25) is 0 Å². The zero-order valence-electron chi connectivity index (χ0n) is 11.2. The van der Waals surface area contributed by atoms with E-state index < -0.39 is 5.97 Å². The van der Waals surface area contributed by atoms with Gasteiger partial charge in [-0.25, -0.2) is 9.78 Å². The van der Waals surface area contributed by atoms with Crippen molar-refractivity contribution in [2.24, 2.45) is 0 Å². The molecular weight excluding hydrogens is 260 g/mol. The monoisotopic (exact) mass is 274 g/mol. The Morgan fingerprint density at radius 2 is 2.00 bits per heavy atom. The van der Waals surface area contributed by atoms with E-state index in [1.807, 2.05) is 13.0 Å². The first kappa shape index (κ1) is 13.8. The summed E-state index contributed by atoms with van der Waals surface area (Å²) in [5.74, 6) is -0.000782. The molecule has 104 valence electrons. The van der Waals surface area contributed by atoms with Gasteiger partial charge in [0, 0.05) is 6.20 Å². The lowest BCUT2D eigenvalue weighted by Gasteiger charge is -2.10. The van der Waals surface area contributed by atoms with Crippen molar-refractivity contribution in [2.75, 3.05) is 6.61 Å². The third-order valence-corrected chi connectivity index (χ3v) is 2.54. The second kappa shape index (κ2) is 6.01. The quantitative estimate of drug-likeness (QED) is 0.902. The van der Waals surface area contributed by atoms with Crippen LogP contribution in [0.25, 0.3) is 0 Å². The van der Waals surface area contributed by atoms with Gasteiger partial charge in [0.05, 0.1) is 17.9 Å². The molecule has 0 aliphatic heterocycles. The summed E-state index contributed by atoms with van der Waals surface area (Å²) in [5.41, 5.74) is 0.395. The van der Waals surface area contributed by atoms with Gasteiger partial charge in [0.15, 0.2) is 11.5 Å². The molecule has 0 radical (unpaired) electrons. The summed E-state index contributed by atoms with van der Waals surface area (Å²) in [7, 11) is 0. The SMILES string of the molecule is CCOc1ccccc1Oc1ncc(C(=O)O)c(C)n1. The minimum Gasteiger partial charge on any atom is -0.490 e. The highest BCUT2D eigenvalue weighted by Crippen LogP contribution is 2.29. The number of benzene rings is 1. The number of nitrogens with zero attached hydrogens (tertiary/aromatic N) is 2. The maximum atomic E-state index is 10.9. The summed E-state index contributed by atoms with van der Waals surface area (Å²) in [6.07, 6.45) is 1.23. The lowest BCUT2D eigenvalue weighted by molar-refractivity contribution is 0.0695. The van der Waals surface area contributed by atoms with Crippen molar-refractivity contribution < 1.29 is 19.4 Å². The highest BCUT2D eigenvalue weighted by molar-refractivity contribution is 5.88. The van der Waals surface area contributed by atoms with Crippen LogP contribution in [0, 0.1) is 6.92 Å². The van der Waals surface area contributed by atoms with E-state index in [1.165, 1.54) is 6.20 Å². The molecule has 6 nitrogen and oxygen atoms in total. The first-order valence-corrected chi connectivity index (χ1v) is 6.08. The molecule has 0 saturated heterocycles. The Hall–Kier alpha value is -2.63. The van der Waals surface area contributed by atoms with Crippen LogP contribution in [0.2, 0.25) is 0 Å². The first-order valence-electron chi connectivity index (χ1n) is 6.08. The van der Waals surface area contributed by atoms with E-state index in [2.05, 4.69) is 9.97 Å². The number of aryl methyl sites for hydroxylation is 1. The van der Waals surface area contributed by atoms with Gasteiger partial charge < -0.3 is 14.6 Å². The minimum atomic E-state index is -1.07. The molecule has 0 amide bonds. The number of para-hydroxylation sites is 2. The van der Waals surface area contributed by atoms with E-state index in [-0.39, 0.29) is 11.6 Å². The number of aromatic carboxylic acids is 1. The molecule has 0 atom stereocenters. The zero-order chi connectivity index (χ0) is 14.5. The van der Waals surface area contributed by atoms with Gasteiger partial charge in [-0.05, 0) is 26.0 Å². The first-order chi connectivity index (χ1) is 9.61. The maximum absolute atomic E-state index is 10.9. The predicted octanol–water partition coefficient (Wildman–Crippen LogP) is 2.67. The van der Waals surface area contributed by atoms with Gasteiger partial charge in [-0.3, -0.25) is 0 Å². The summed E-state index contributed by atoms with van der Waals surface area (Å²) in [6.45, 7) is 3.98. The predicted molar refractivity (Wildman–Crippen MR) is 71.4 cm³/mol. The van der Waals surface area contributed by atoms with Gasteiger partial charge in [-0.1, -0.05) is 12.1 Å². The smallest absolute Gasteiger partial charge is 0.339 e. The molecule has 1 heterocycles. The summed E-state index contributed by atoms with van der Waals surface area (Å²) in [6, 6.07) is 7.22. The number of hydrogen-bond acceptors (Lipinski definition) is 5. The molecule has 6 heteroatoms. The molecule has 0 bridgehead atoms. The number of carbonyl (C=O) groups is 1. The van der Waals surface area contributed by atoms with Crippen LogP contribution in [0.3, 0.4) is 0 Å². The Labute approximate surface area is 116 Å². The Balaban J connectivity index is 2.26. The fraction of sp³-hybridized carbons (Fsp3) is 0.214. The molecule has 0 fully saturated rings. The lowest BCUT2D eigenvalue weighted by atomic mass is 10.2. The molecule has 2 aromatic rings. The van der Waals surface area contributed by atoms with Crippen molar-refractivity contribution in [3.8, 4) is 17.5 Å². The fourth-order valence-corrected chi connectivity index (χ4v) is 1.61. The third kappa shape index (κ3) is 3.03. The van der Waals surface area contributed by atoms with E-state index in [0.717, 1.165) is 0 Å². The van der Waals surface area contributed by atoms with E-state index >= 15 is 0 Å². The van der Waals surface area contributed by atoms with Crippen LogP contribution in [-0.4, -0.2) is 27.7 Å². The zero-order valence-corrected chi connectivity index (χ0v) is 11.2. The van der Waals surface area contributed by atoms with Crippen LogP contribution in [0.5, 0.6) is 17.5 Å². The molecule has 1 aromatic heterocycles. The summed E-state index contributed by atoms with van der Waals surface area (Å²) < 4.78 is 11.0. The van der Waals surface area contributed by atoms with Crippen LogP contribution in [0.1, 0.15) is 23.0 Å². The molecule has 0 unspecified atom stereocenters. The summed E-state index contributed by atoms with van der Waals surface area (Å²) in [5, 5.41) is 8.92. The molecular formula is C14H14N2O4. The van der Waals surface area contributed by atoms with E-state index in [0.29, 0.717) is 23.8 Å². The van der Waals surface area contributed by atoms with Crippen molar-refractivity contribution in [2.45, 2.75) is 13.8 Å².